The van der Waals surface area contributed by atoms with Gasteiger partial charge in [0.2, 0.25) is 0 Å². The van der Waals surface area contributed by atoms with Crippen LogP contribution >= 0.6 is 0 Å². The maximum Gasteiger partial charge on any atom is 0.0576 e. The van der Waals surface area contributed by atoms with E-state index in [9.17, 15) is 0 Å². The van der Waals surface area contributed by atoms with Gasteiger partial charge in [-0.2, -0.15) is 0 Å². The SMILES string of the molecule is C1=CCC(c2ccccn2)NC1. The molecule has 1 aliphatic rings. The molecule has 12 heavy (non-hydrogen) atoms. The largest absolute Gasteiger partial charge is 0.305 e. The zero-order valence-corrected chi connectivity index (χ0v) is 6.90. The predicted octanol–water partition coefficient (Wildman–Crippen LogP) is 1.67. The molecule has 1 aromatic rings. The van der Waals surface area contributed by atoms with E-state index in [0.29, 0.717) is 6.04 Å². The molecule has 2 heteroatoms. The molecular formula is C10H12N2. The summed E-state index contributed by atoms with van der Waals surface area (Å²) in [6, 6.07) is 6.46. The molecule has 0 saturated carbocycles. The standard InChI is InChI=1S/C10H12N2/c1-3-7-11-9(5-1)10-6-2-4-8-12-10/h1-5,7,10,12H,6,8H2. The van der Waals surface area contributed by atoms with Crippen molar-refractivity contribution in [2.75, 3.05) is 6.54 Å². The molecule has 0 saturated heterocycles. The van der Waals surface area contributed by atoms with E-state index in [-0.39, 0.29) is 0 Å². The molecule has 0 aliphatic carbocycles. The minimum atomic E-state index is 0.413. The second-order valence-electron chi connectivity index (χ2n) is 2.92. The Hall–Kier alpha value is -1.15. The Morgan fingerprint density at radius 1 is 1.33 bits per heavy atom. The summed E-state index contributed by atoms with van der Waals surface area (Å²) in [4.78, 5) is 4.31. The topological polar surface area (TPSA) is 24.9 Å². The maximum atomic E-state index is 4.31. The van der Waals surface area contributed by atoms with Crippen LogP contribution in [0.5, 0.6) is 0 Å². The van der Waals surface area contributed by atoms with Crippen molar-refractivity contribution in [3.05, 3.63) is 42.2 Å². The normalized spacial score (nSPS) is 22.5. The molecule has 0 bridgehead atoms. The zero-order chi connectivity index (χ0) is 8.23. The lowest BCUT2D eigenvalue weighted by Crippen LogP contribution is -2.24. The van der Waals surface area contributed by atoms with E-state index in [0.717, 1.165) is 18.7 Å². The summed E-state index contributed by atoms with van der Waals surface area (Å²) in [5.41, 5.74) is 1.14. The van der Waals surface area contributed by atoms with Crippen molar-refractivity contribution in [2.45, 2.75) is 12.5 Å². The fraction of sp³-hybridized carbons (Fsp3) is 0.300. The van der Waals surface area contributed by atoms with Crippen LogP contribution in [-0.4, -0.2) is 11.5 Å². The highest BCUT2D eigenvalue weighted by Crippen LogP contribution is 2.16. The average Bonchev–Trinajstić information content (AvgIpc) is 2.21. The van der Waals surface area contributed by atoms with Crippen LogP contribution in [0, 0.1) is 0 Å². The van der Waals surface area contributed by atoms with Gasteiger partial charge < -0.3 is 5.32 Å². The summed E-state index contributed by atoms with van der Waals surface area (Å²) in [5.74, 6) is 0. The van der Waals surface area contributed by atoms with Gasteiger partial charge in [-0.15, -0.1) is 0 Å². The van der Waals surface area contributed by atoms with Crippen LogP contribution < -0.4 is 5.32 Å². The maximum absolute atomic E-state index is 4.31. The molecule has 1 N–H and O–H groups in total. The first-order valence-electron chi connectivity index (χ1n) is 4.26. The lowest BCUT2D eigenvalue weighted by molar-refractivity contribution is 0.541. The third-order valence-electron chi connectivity index (χ3n) is 2.07. The Balaban J connectivity index is 2.15. The molecule has 0 amide bonds. The van der Waals surface area contributed by atoms with Gasteiger partial charge in [0.1, 0.15) is 0 Å². The van der Waals surface area contributed by atoms with Crippen LogP contribution in [0.25, 0.3) is 0 Å². The summed E-state index contributed by atoms with van der Waals surface area (Å²) >= 11 is 0. The second kappa shape index (κ2) is 3.50. The van der Waals surface area contributed by atoms with Crippen molar-refractivity contribution in [1.29, 1.82) is 0 Å². The number of aromatic nitrogens is 1. The molecule has 2 heterocycles. The van der Waals surface area contributed by atoms with E-state index in [1.54, 1.807) is 0 Å². The molecule has 0 aromatic carbocycles. The Labute approximate surface area is 72.3 Å². The van der Waals surface area contributed by atoms with E-state index in [1.165, 1.54) is 0 Å². The molecule has 62 valence electrons. The van der Waals surface area contributed by atoms with Gasteiger partial charge in [-0.1, -0.05) is 18.2 Å². The van der Waals surface area contributed by atoms with Crippen LogP contribution in [0.1, 0.15) is 18.2 Å². The van der Waals surface area contributed by atoms with Crippen LogP contribution in [-0.2, 0) is 0 Å². The van der Waals surface area contributed by atoms with E-state index in [4.69, 9.17) is 0 Å². The number of hydrogen-bond acceptors (Lipinski definition) is 2. The Morgan fingerprint density at radius 2 is 2.33 bits per heavy atom. The van der Waals surface area contributed by atoms with Gasteiger partial charge in [-0.25, -0.2) is 0 Å². The second-order valence-corrected chi connectivity index (χ2v) is 2.92. The predicted molar refractivity (Wildman–Crippen MR) is 48.7 cm³/mol. The first-order valence-corrected chi connectivity index (χ1v) is 4.26. The van der Waals surface area contributed by atoms with E-state index < -0.39 is 0 Å². The van der Waals surface area contributed by atoms with Crippen LogP contribution in [0.3, 0.4) is 0 Å². The van der Waals surface area contributed by atoms with Crippen molar-refractivity contribution >= 4 is 0 Å². The number of hydrogen-bond donors (Lipinski definition) is 1. The van der Waals surface area contributed by atoms with Crippen LogP contribution in [0.15, 0.2) is 36.5 Å². The van der Waals surface area contributed by atoms with Gasteiger partial charge in [0, 0.05) is 12.7 Å². The van der Waals surface area contributed by atoms with Crippen molar-refractivity contribution in [3.63, 3.8) is 0 Å². The molecule has 1 aliphatic heterocycles. The van der Waals surface area contributed by atoms with Crippen LogP contribution in [0.2, 0.25) is 0 Å². The molecule has 1 unspecified atom stereocenters. The summed E-state index contributed by atoms with van der Waals surface area (Å²) in [6.45, 7) is 0.960. The third-order valence-corrected chi connectivity index (χ3v) is 2.07. The van der Waals surface area contributed by atoms with Gasteiger partial charge in [0.05, 0.1) is 11.7 Å². The molecule has 0 radical (unpaired) electrons. The number of rotatable bonds is 1. The highest BCUT2D eigenvalue weighted by Gasteiger charge is 2.11. The fourth-order valence-corrected chi connectivity index (χ4v) is 1.42. The monoisotopic (exact) mass is 160 g/mol. The number of pyridine rings is 1. The van der Waals surface area contributed by atoms with E-state index >= 15 is 0 Å². The van der Waals surface area contributed by atoms with Crippen molar-refractivity contribution < 1.29 is 0 Å². The summed E-state index contributed by atoms with van der Waals surface area (Å²) in [6.07, 6.45) is 7.25. The first kappa shape index (κ1) is 7.50. The first-order chi connectivity index (χ1) is 5.97. The van der Waals surface area contributed by atoms with Gasteiger partial charge in [-0.05, 0) is 18.6 Å². The highest BCUT2D eigenvalue weighted by atomic mass is 14.9. The van der Waals surface area contributed by atoms with E-state index in [1.807, 2.05) is 18.3 Å². The summed E-state index contributed by atoms with van der Waals surface area (Å²) in [7, 11) is 0. The van der Waals surface area contributed by atoms with Crippen molar-refractivity contribution in [2.24, 2.45) is 0 Å². The fourth-order valence-electron chi connectivity index (χ4n) is 1.42. The quantitative estimate of drug-likeness (QED) is 0.632. The zero-order valence-electron chi connectivity index (χ0n) is 6.90. The Kier molecular flexibility index (Phi) is 2.19. The summed E-state index contributed by atoms with van der Waals surface area (Å²) < 4.78 is 0. The lowest BCUT2D eigenvalue weighted by Gasteiger charge is -2.18. The van der Waals surface area contributed by atoms with Gasteiger partial charge in [0.15, 0.2) is 0 Å². The minimum Gasteiger partial charge on any atom is -0.305 e. The Bertz CT molecular complexity index is 266. The van der Waals surface area contributed by atoms with Gasteiger partial charge in [0.25, 0.3) is 0 Å². The number of nitrogens with one attached hydrogen (secondary N) is 1. The van der Waals surface area contributed by atoms with Crippen LogP contribution in [0.4, 0.5) is 0 Å². The molecule has 0 fully saturated rings. The molecular weight excluding hydrogens is 148 g/mol. The van der Waals surface area contributed by atoms with E-state index in [2.05, 4.69) is 28.5 Å². The highest BCUT2D eigenvalue weighted by molar-refractivity contribution is 5.12. The Morgan fingerprint density at radius 3 is 3.00 bits per heavy atom. The summed E-state index contributed by atoms with van der Waals surface area (Å²) in [5, 5.41) is 3.39. The third kappa shape index (κ3) is 1.53. The smallest absolute Gasteiger partial charge is 0.0576 e. The van der Waals surface area contributed by atoms with Gasteiger partial charge >= 0.3 is 0 Å². The molecule has 1 atom stereocenters. The molecule has 1 aromatic heterocycles. The minimum absolute atomic E-state index is 0.413. The molecule has 0 spiro atoms. The molecule has 2 rings (SSSR count). The number of nitrogens with zero attached hydrogens (tertiary/aromatic N) is 1. The molecule has 2 nitrogen and oxygen atoms in total. The van der Waals surface area contributed by atoms with Gasteiger partial charge in [-0.3, -0.25) is 4.98 Å². The lowest BCUT2D eigenvalue weighted by atomic mass is 10.1. The average molecular weight is 160 g/mol. The van der Waals surface area contributed by atoms with Crippen molar-refractivity contribution in [3.8, 4) is 0 Å². The van der Waals surface area contributed by atoms with Crippen molar-refractivity contribution in [1.82, 2.24) is 10.3 Å².